The average molecular weight is 277 g/mol. The van der Waals surface area contributed by atoms with E-state index in [2.05, 4.69) is 0 Å². The van der Waals surface area contributed by atoms with Crippen LogP contribution in [0.5, 0.6) is 0 Å². The lowest BCUT2D eigenvalue weighted by Crippen LogP contribution is -2.65. The predicted molar refractivity (Wildman–Crippen MR) is 55.9 cm³/mol. The van der Waals surface area contributed by atoms with Gasteiger partial charge >= 0.3 is 18.0 Å². The first-order valence-corrected chi connectivity index (χ1v) is 4.64. The molecule has 0 radical (unpaired) electrons. The first-order valence-electron chi connectivity index (χ1n) is 4.64. The Hall–Kier alpha value is -2.53. The zero-order chi connectivity index (χ0) is 13.9. The van der Waals surface area contributed by atoms with E-state index in [0.717, 1.165) is 0 Å². The van der Waals surface area contributed by atoms with Crippen LogP contribution in [0.3, 0.4) is 0 Å². The molecule has 1 fully saturated rings. The topological polar surface area (TPSA) is 185 Å². The van der Waals surface area contributed by atoms with E-state index in [9.17, 15) is 24.0 Å². The van der Waals surface area contributed by atoms with Gasteiger partial charge in [0, 0.05) is 0 Å². The quantitative estimate of drug-likeness (QED) is 0.370. The SMILES string of the molecule is O.O=C(O)CN(CC(=O)O)C1C(=O)NC(=O)NC1=O. The summed E-state index contributed by atoms with van der Waals surface area (Å²) in [5.74, 6) is -4.94. The number of nitrogens with one attached hydrogen (secondary N) is 2. The fourth-order valence-corrected chi connectivity index (χ4v) is 1.43. The summed E-state index contributed by atoms with van der Waals surface area (Å²) in [6.07, 6.45) is 0. The van der Waals surface area contributed by atoms with Crippen LogP contribution in [0, 0.1) is 0 Å². The summed E-state index contributed by atoms with van der Waals surface area (Å²) >= 11 is 0. The van der Waals surface area contributed by atoms with Crippen LogP contribution in [0.25, 0.3) is 0 Å². The third-order valence-corrected chi connectivity index (χ3v) is 2.01. The van der Waals surface area contributed by atoms with E-state index in [-0.39, 0.29) is 5.48 Å². The molecule has 4 amide bonds. The van der Waals surface area contributed by atoms with E-state index >= 15 is 0 Å². The maximum absolute atomic E-state index is 11.4. The minimum Gasteiger partial charge on any atom is -0.480 e. The Morgan fingerprint density at radius 2 is 1.37 bits per heavy atom. The van der Waals surface area contributed by atoms with Gasteiger partial charge < -0.3 is 15.7 Å². The van der Waals surface area contributed by atoms with Gasteiger partial charge in [-0.05, 0) is 0 Å². The smallest absolute Gasteiger partial charge is 0.328 e. The Morgan fingerprint density at radius 1 is 1.00 bits per heavy atom. The number of rotatable bonds is 5. The number of hydrogen-bond donors (Lipinski definition) is 4. The van der Waals surface area contributed by atoms with Gasteiger partial charge in [0.05, 0.1) is 13.1 Å². The molecule has 0 atom stereocenters. The summed E-state index contributed by atoms with van der Waals surface area (Å²) in [5.41, 5.74) is 0. The van der Waals surface area contributed by atoms with Crippen molar-refractivity contribution >= 4 is 29.8 Å². The zero-order valence-corrected chi connectivity index (χ0v) is 9.37. The largest absolute Gasteiger partial charge is 0.480 e. The summed E-state index contributed by atoms with van der Waals surface area (Å²) in [4.78, 5) is 55.3. The van der Waals surface area contributed by atoms with Crippen molar-refractivity contribution in [2.45, 2.75) is 6.04 Å². The number of imide groups is 2. The van der Waals surface area contributed by atoms with Crippen LogP contribution in [0.2, 0.25) is 0 Å². The molecule has 1 saturated heterocycles. The molecule has 0 saturated carbocycles. The number of carbonyl (C=O) groups is 5. The van der Waals surface area contributed by atoms with Crippen molar-refractivity contribution in [2.24, 2.45) is 0 Å². The summed E-state index contributed by atoms with van der Waals surface area (Å²) in [6, 6.07) is -2.71. The highest BCUT2D eigenvalue weighted by molar-refractivity contribution is 6.19. The second-order valence-electron chi connectivity index (χ2n) is 3.40. The molecule has 0 spiro atoms. The molecule has 1 aliphatic rings. The fourth-order valence-electron chi connectivity index (χ4n) is 1.43. The number of aliphatic carboxylic acids is 2. The molecule has 0 aromatic carbocycles. The van der Waals surface area contributed by atoms with Gasteiger partial charge in [-0.25, -0.2) is 4.79 Å². The van der Waals surface area contributed by atoms with Crippen molar-refractivity contribution in [1.29, 1.82) is 0 Å². The van der Waals surface area contributed by atoms with Crippen molar-refractivity contribution in [3.8, 4) is 0 Å². The molecular formula is C8H11N3O8. The lowest BCUT2D eigenvalue weighted by atomic mass is 10.1. The lowest BCUT2D eigenvalue weighted by Gasteiger charge is -2.29. The van der Waals surface area contributed by atoms with Gasteiger partial charge in [0.15, 0.2) is 6.04 Å². The highest BCUT2D eigenvalue weighted by Gasteiger charge is 2.40. The van der Waals surface area contributed by atoms with Crippen molar-refractivity contribution < 1.29 is 39.7 Å². The maximum atomic E-state index is 11.4. The second-order valence-corrected chi connectivity index (χ2v) is 3.40. The van der Waals surface area contributed by atoms with Crippen LogP contribution in [-0.2, 0) is 19.2 Å². The van der Waals surface area contributed by atoms with Crippen LogP contribution in [0.4, 0.5) is 4.79 Å². The number of carboxylic acid groups (broad SMARTS) is 2. The molecule has 0 aromatic rings. The number of barbiturate groups is 1. The molecule has 1 aliphatic heterocycles. The van der Waals surface area contributed by atoms with Crippen LogP contribution in [0.15, 0.2) is 0 Å². The Morgan fingerprint density at radius 3 is 1.68 bits per heavy atom. The molecular weight excluding hydrogens is 266 g/mol. The first kappa shape index (κ1) is 16.5. The standard InChI is InChI=1S/C8H9N3O7.H2O/c12-3(13)1-11(2-4(14)15)5-6(16)9-8(18)10-7(5)17;/h5H,1-2H2,(H,12,13)(H,14,15)(H2,9,10,16,17,18);1H2. The average Bonchev–Trinajstić information content (AvgIpc) is 2.12. The van der Waals surface area contributed by atoms with Crippen LogP contribution >= 0.6 is 0 Å². The van der Waals surface area contributed by atoms with Gasteiger partial charge in [0.2, 0.25) is 0 Å². The number of carboxylic acids is 2. The number of hydrogen-bond acceptors (Lipinski definition) is 6. The molecule has 6 N–H and O–H groups in total. The van der Waals surface area contributed by atoms with Gasteiger partial charge in [-0.15, -0.1) is 0 Å². The van der Waals surface area contributed by atoms with Gasteiger partial charge in [-0.3, -0.25) is 34.7 Å². The van der Waals surface area contributed by atoms with Crippen molar-refractivity contribution in [2.75, 3.05) is 13.1 Å². The first-order chi connectivity index (χ1) is 8.31. The lowest BCUT2D eigenvalue weighted by molar-refractivity contribution is -0.146. The fraction of sp³-hybridized carbons (Fsp3) is 0.375. The molecule has 0 aliphatic carbocycles. The summed E-state index contributed by atoms with van der Waals surface area (Å²) < 4.78 is 0. The highest BCUT2D eigenvalue weighted by Crippen LogP contribution is 2.04. The van der Waals surface area contributed by atoms with E-state index in [4.69, 9.17) is 10.2 Å². The predicted octanol–water partition coefficient (Wildman–Crippen LogP) is -3.63. The summed E-state index contributed by atoms with van der Waals surface area (Å²) in [6.45, 7) is -1.65. The second kappa shape index (κ2) is 6.42. The van der Waals surface area contributed by atoms with E-state index in [0.29, 0.717) is 4.90 Å². The maximum Gasteiger partial charge on any atom is 0.328 e. The molecule has 11 heteroatoms. The van der Waals surface area contributed by atoms with Crippen LogP contribution in [-0.4, -0.2) is 69.5 Å². The monoisotopic (exact) mass is 277 g/mol. The molecule has 19 heavy (non-hydrogen) atoms. The van der Waals surface area contributed by atoms with Crippen LogP contribution < -0.4 is 10.6 Å². The van der Waals surface area contributed by atoms with E-state index in [1.54, 1.807) is 10.6 Å². The van der Waals surface area contributed by atoms with Gasteiger partial charge in [-0.2, -0.15) is 0 Å². The minimum atomic E-state index is -1.67. The number of carbonyl (C=O) groups excluding carboxylic acids is 3. The minimum absolute atomic E-state index is 0. The van der Waals surface area contributed by atoms with E-state index in [1.165, 1.54) is 0 Å². The van der Waals surface area contributed by atoms with Gasteiger partial charge in [0.25, 0.3) is 11.8 Å². The Balaban J connectivity index is 0.00000324. The number of urea groups is 1. The molecule has 0 bridgehead atoms. The summed E-state index contributed by atoms with van der Waals surface area (Å²) in [5, 5.41) is 20.7. The normalized spacial score (nSPS) is 15.5. The molecule has 0 unspecified atom stereocenters. The van der Waals surface area contributed by atoms with Crippen molar-refractivity contribution in [3.05, 3.63) is 0 Å². The molecule has 11 nitrogen and oxygen atoms in total. The highest BCUT2D eigenvalue weighted by atomic mass is 16.4. The molecule has 0 aromatic heterocycles. The molecule has 1 rings (SSSR count). The Kier molecular flexibility index (Phi) is 5.56. The van der Waals surface area contributed by atoms with Gasteiger partial charge in [-0.1, -0.05) is 0 Å². The van der Waals surface area contributed by atoms with Crippen molar-refractivity contribution in [1.82, 2.24) is 15.5 Å². The zero-order valence-electron chi connectivity index (χ0n) is 9.37. The third-order valence-electron chi connectivity index (χ3n) is 2.01. The Bertz CT molecular complexity index is 398. The number of nitrogens with zero attached hydrogens (tertiary/aromatic N) is 1. The van der Waals surface area contributed by atoms with Crippen LogP contribution in [0.1, 0.15) is 0 Å². The third kappa shape index (κ3) is 4.33. The van der Waals surface area contributed by atoms with Gasteiger partial charge in [0.1, 0.15) is 0 Å². The summed E-state index contributed by atoms with van der Waals surface area (Å²) in [7, 11) is 0. The molecule has 106 valence electrons. The molecule has 1 heterocycles. The Labute approximate surface area is 105 Å². The number of amides is 4. The van der Waals surface area contributed by atoms with E-state index < -0.39 is 48.9 Å². The van der Waals surface area contributed by atoms with E-state index in [1.807, 2.05) is 0 Å². The van der Waals surface area contributed by atoms with Crippen molar-refractivity contribution in [3.63, 3.8) is 0 Å².